The van der Waals surface area contributed by atoms with Gasteiger partial charge in [-0.2, -0.15) is 0 Å². The molecule has 6 atom stereocenters. The van der Waals surface area contributed by atoms with Gasteiger partial charge in [-0.25, -0.2) is 4.98 Å². The van der Waals surface area contributed by atoms with Gasteiger partial charge in [0.2, 0.25) is 0 Å². The van der Waals surface area contributed by atoms with Crippen molar-refractivity contribution in [3.63, 3.8) is 0 Å². The van der Waals surface area contributed by atoms with Crippen LogP contribution in [0, 0.1) is 5.92 Å². The van der Waals surface area contributed by atoms with Crippen molar-refractivity contribution in [3.8, 4) is 5.75 Å². The van der Waals surface area contributed by atoms with E-state index in [0.717, 1.165) is 36.1 Å². The number of carboxylic acids is 5. The lowest BCUT2D eigenvalue weighted by atomic mass is 10.0. The number of imidazole rings is 1. The highest BCUT2D eigenvalue weighted by atomic mass is 16.4. The van der Waals surface area contributed by atoms with E-state index in [-0.39, 0.29) is 24.5 Å². The SMILES string of the molecule is CCC(C)C(N)C(=O)O.NC(Cc1ccc(O)cc1)C(=O)O.NC(Cc1ccccc1)C(=O)O.NC(Cc1cnc[nH]1)C(=O)O.NCCCCC(N)C(=O)O. The number of unbranched alkanes of at least 4 members (excludes halogenated alkanes) is 1. The third-order valence-electron chi connectivity index (χ3n) is 7.47. The number of aromatic amines is 1. The smallest absolute Gasteiger partial charge is 0.320 e. The Bertz CT molecular complexity index is 1500. The van der Waals surface area contributed by atoms with Gasteiger partial charge in [0, 0.05) is 18.3 Å². The van der Waals surface area contributed by atoms with E-state index in [1.165, 1.54) is 18.5 Å². The largest absolute Gasteiger partial charge is 0.508 e. The molecule has 55 heavy (non-hydrogen) atoms. The Hall–Kier alpha value is -5.44. The predicted molar refractivity (Wildman–Crippen MR) is 205 cm³/mol. The Morgan fingerprint density at radius 3 is 1.47 bits per heavy atom. The molecule has 19 heteroatoms. The highest BCUT2D eigenvalue weighted by Gasteiger charge is 2.17. The molecule has 0 aliphatic rings. The Kier molecular flexibility index (Phi) is 28.1. The second-order valence-corrected chi connectivity index (χ2v) is 12.2. The molecule has 0 bridgehead atoms. The van der Waals surface area contributed by atoms with E-state index in [4.69, 9.17) is 65.0 Å². The van der Waals surface area contributed by atoms with Crippen molar-refractivity contribution in [1.29, 1.82) is 0 Å². The molecule has 19 nitrogen and oxygen atoms in total. The van der Waals surface area contributed by atoms with E-state index in [2.05, 4.69) is 9.97 Å². The molecule has 0 fully saturated rings. The van der Waals surface area contributed by atoms with Crippen LogP contribution in [-0.4, -0.2) is 107 Å². The van der Waals surface area contributed by atoms with E-state index < -0.39 is 60.1 Å². The average Bonchev–Trinajstić information content (AvgIpc) is 3.66. The minimum Gasteiger partial charge on any atom is -0.508 e. The van der Waals surface area contributed by atoms with Crippen LogP contribution in [-0.2, 0) is 43.2 Å². The van der Waals surface area contributed by atoms with Crippen molar-refractivity contribution < 1.29 is 54.6 Å². The van der Waals surface area contributed by atoms with Crippen LogP contribution in [0.4, 0.5) is 0 Å². The lowest BCUT2D eigenvalue weighted by Gasteiger charge is -2.11. The van der Waals surface area contributed by atoms with Gasteiger partial charge in [0.15, 0.2) is 0 Å². The first-order valence-electron chi connectivity index (χ1n) is 17.2. The Morgan fingerprint density at radius 2 is 1.11 bits per heavy atom. The van der Waals surface area contributed by atoms with Crippen molar-refractivity contribution in [3.05, 3.63) is 83.9 Å². The number of aromatic nitrogens is 2. The molecule has 1 heterocycles. The minimum absolute atomic E-state index is 0.0718. The summed E-state index contributed by atoms with van der Waals surface area (Å²) in [5.74, 6) is -4.59. The van der Waals surface area contributed by atoms with Crippen LogP contribution < -0.4 is 34.4 Å². The number of nitrogens with one attached hydrogen (secondary N) is 1. The summed E-state index contributed by atoms with van der Waals surface area (Å²) >= 11 is 0. The normalized spacial score (nSPS) is 13.3. The second kappa shape index (κ2) is 29.9. The van der Waals surface area contributed by atoms with Crippen LogP contribution in [0.2, 0.25) is 0 Å². The lowest BCUT2D eigenvalue weighted by molar-refractivity contribution is -0.140. The molecular formula is C36H58N8O11. The molecular weight excluding hydrogens is 720 g/mol. The summed E-state index contributed by atoms with van der Waals surface area (Å²) in [6, 6.07) is 11.7. The lowest BCUT2D eigenvalue weighted by Crippen LogP contribution is -2.36. The number of hydrogen-bond acceptors (Lipinski definition) is 13. The highest BCUT2D eigenvalue weighted by Crippen LogP contribution is 2.11. The number of hydrogen-bond donors (Lipinski definition) is 13. The number of nitrogens with zero attached hydrogens (tertiary/aromatic N) is 1. The third kappa shape index (κ3) is 26.9. The first kappa shape index (κ1) is 51.7. The first-order valence-corrected chi connectivity index (χ1v) is 17.2. The van der Waals surface area contributed by atoms with Crippen LogP contribution >= 0.6 is 0 Å². The van der Waals surface area contributed by atoms with Crippen molar-refractivity contribution in [2.24, 2.45) is 40.3 Å². The van der Waals surface area contributed by atoms with E-state index in [1.807, 2.05) is 44.2 Å². The van der Waals surface area contributed by atoms with Gasteiger partial charge in [0.05, 0.1) is 6.33 Å². The summed E-state index contributed by atoms with van der Waals surface area (Å²) in [6.07, 6.45) is 6.97. The molecule has 0 aliphatic carbocycles. The standard InChI is InChI=1S/C9H11NO3.C9H11NO2.C6H9N3O2.C6H14N2O2.C6H13NO2/c10-8(9(12)13)5-6-1-3-7(11)4-2-6;10-8(9(11)12)6-7-4-2-1-3-5-7;7-5(6(10)11)1-4-2-8-3-9-4;7-4-2-1-3-5(8)6(9)10;1-3-4(2)5(7)6(8)9/h1-4,8,11H,5,10H2,(H,12,13);1-5,8H,6,10H2,(H,11,12);2-3,5H,1,7H2,(H,8,9)(H,10,11);5H,1-4,7-8H2,(H,9,10);4-5H,3,7H2,1-2H3,(H,8,9). The number of carbonyl (C=O) groups is 5. The van der Waals surface area contributed by atoms with Gasteiger partial charge in [-0.3, -0.25) is 24.0 Å². The molecule has 0 saturated carbocycles. The van der Waals surface area contributed by atoms with Crippen LogP contribution in [0.25, 0.3) is 0 Å². The fraction of sp³-hybridized carbons (Fsp3) is 0.444. The van der Waals surface area contributed by atoms with Gasteiger partial charge in [-0.1, -0.05) is 69.2 Å². The van der Waals surface area contributed by atoms with Crippen LogP contribution in [0.1, 0.15) is 56.4 Å². The maximum atomic E-state index is 10.4. The van der Waals surface area contributed by atoms with E-state index in [1.54, 1.807) is 18.3 Å². The number of carboxylic acid groups (broad SMARTS) is 5. The molecule has 3 aromatic rings. The Morgan fingerprint density at radius 1 is 0.655 bits per heavy atom. The predicted octanol–water partition coefficient (Wildman–Crippen LogP) is 0.323. The molecule has 3 rings (SSSR count). The molecule has 6 unspecified atom stereocenters. The number of nitrogens with two attached hydrogens (primary N) is 6. The van der Waals surface area contributed by atoms with Crippen LogP contribution in [0.5, 0.6) is 5.75 Å². The van der Waals surface area contributed by atoms with Gasteiger partial charge >= 0.3 is 29.8 Å². The second-order valence-electron chi connectivity index (χ2n) is 12.2. The van der Waals surface area contributed by atoms with Gasteiger partial charge in [-0.15, -0.1) is 0 Å². The number of rotatable bonds is 17. The molecule has 0 aliphatic heterocycles. The highest BCUT2D eigenvalue weighted by molar-refractivity contribution is 5.74. The number of aliphatic carboxylic acids is 5. The third-order valence-corrected chi connectivity index (χ3v) is 7.47. The zero-order chi connectivity index (χ0) is 42.5. The monoisotopic (exact) mass is 778 g/mol. The number of H-pyrrole nitrogens is 1. The van der Waals surface area contributed by atoms with E-state index in [9.17, 15) is 24.0 Å². The minimum atomic E-state index is -1.02. The average molecular weight is 779 g/mol. The first-order chi connectivity index (χ1) is 25.8. The van der Waals surface area contributed by atoms with Crippen LogP contribution in [0.15, 0.2) is 67.1 Å². The topological polar surface area (TPSA) is 392 Å². The molecule has 0 amide bonds. The number of benzene rings is 2. The van der Waals surface area contributed by atoms with Crippen LogP contribution in [0.3, 0.4) is 0 Å². The van der Waals surface area contributed by atoms with Gasteiger partial charge < -0.3 is 70.0 Å². The zero-order valence-electron chi connectivity index (χ0n) is 31.1. The van der Waals surface area contributed by atoms with Crippen molar-refractivity contribution in [2.45, 2.75) is 89.0 Å². The van der Waals surface area contributed by atoms with Crippen molar-refractivity contribution >= 4 is 29.8 Å². The fourth-order valence-electron chi connectivity index (χ4n) is 3.78. The summed E-state index contributed by atoms with van der Waals surface area (Å²) in [7, 11) is 0. The number of phenolic OH excluding ortho intramolecular Hbond substituents is 1. The summed E-state index contributed by atoms with van der Waals surface area (Å²) in [4.78, 5) is 57.9. The Labute approximate surface area is 319 Å². The zero-order valence-corrected chi connectivity index (χ0v) is 31.1. The molecule has 1 aromatic heterocycles. The molecule has 2 aromatic carbocycles. The maximum absolute atomic E-state index is 10.4. The van der Waals surface area contributed by atoms with Crippen molar-refractivity contribution in [1.82, 2.24) is 9.97 Å². The quantitative estimate of drug-likeness (QED) is 0.0820. The van der Waals surface area contributed by atoms with Gasteiger partial charge in [0.1, 0.15) is 36.0 Å². The molecule has 0 radical (unpaired) electrons. The molecule has 0 saturated heterocycles. The summed E-state index contributed by atoms with van der Waals surface area (Å²) in [5.41, 5.74) is 34.1. The fourth-order valence-corrected chi connectivity index (χ4v) is 3.78. The molecule has 308 valence electrons. The van der Waals surface area contributed by atoms with Crippen molar-refractivity contribution in [2.75, 3.05) is 6.54 Å². The summed E-state index contributed by atoms with van der Waals surface area (Å²) in [6.45, 7) is 4.36. The van der Waals surface area contributed by atoms with Gasteiger partial charge in [0.25, 0.3) is 0 Å². The number of aromatic hydroxyl groups is 1. The molecule has 19 N–H and O–H groups in total. The maximum Gasteiger partial charge on any atom is 0.320 e. The number of phenols is 1. The summed E-state index contributed by atoms with van der Waals surface area (Å²) < 4.78 is 0. The van der Waals surface area contributed by atoms with E-state index in [0.29, 0.717) is 19.4 Å². The molecule has 0 spiro atoms. The van der Waals surface area contributed by atoms with E-state index >= 15 is 0 Å². The Balaban J connectivity index is 0. The summed E-state index contributed by atoms with van der Waals surface area (Å²) in [5, 5.41) is 51.1. The van der Waals surface area contributed by atoms with Gasteiger partial charge in [-0.05, 0) is 61.4 Å².